The zero-order chi connectivity index (χ0) is 21.2. The van der Waals surface area contributed by atoms with Gasteiger partial charge in [-0.1, -0.05) is 35.3 Å². The summed E-state index contributed by atoms with van der Waals surface area (Å²) in [5.41, 5.74) is 1.76. The van der Waals surface area contributed by atoms with Crippen LogP contribution in [0.25, 0.3) is 0 Å². The van der Waals surface area contributed by atoms with Crippen LogP contribution < -0.4 is 5.32 Å². The molecule has 1 fully saturated rings. The lowest BCUT2D eigenvalue weighted by molar-refractivity contribution is -0.125. The minimum atomic E-state index is -0.920. The number of nitrogens with one attached hydrogen (secondary N) is 1. The van der Waals surface area contributed by atoms with E-state index in [9.17, 15) is 9.59 Å². The third-order valence-corrected chi connectivity index (χ3v) is 6.29. The van der Waals surface area contributed by atoms with Gasteiger partial charge < -0.3 is 10.2 Å². The molecule has 1 saturated heterocycles. The number of ketones is 1. The summed E-state index contributed by atoms with van der Waals surface area (Å²) in [6, 6.07) is 12.1. The van der Waals surface area contributed by atoms with Crippen molar-refractivity contribution in [2.24, 2.45) is 0 Å². The SMILES string of the molecule is CC(=O)C1(Cc2ccc(C#N)cc2)CCCN1C(=O)Nc1cc(Cl)c(C)c(Cl)c1. The lowest BCUT2D eigenvalue weighted by atomic mass is 9.84. The molecule has 1 unspecified atom stereocenters. The lowest BCUT2D eigenvalue weighted by Crippen LogP contribution is -2.55. The molecule has 0 aliphatic carbocycles. The number of nitrogens with zero attached hydrogens (tertiary/aromatic N) is 2. The van der Waals surface area contributed by atoms with Gasteiger partial charge in [-0.2, -0.15) is 5.26 Å². The zero-order valence-electron chi connectivity index (χ0n) is 16.3. The predicted octanol–water partition coefficient (Wildman–Crippen LogP) is 5.37. The largest absolute Gasteiger partial charge is 0.322 e. The predicted molar refractivity (Wildman–Crippen MR) is 114 cm³/mol. The van der Waals surface area contributed by atoms with E-state index in [0.717, 1.165) is 17.5 Å². The fourth-order valence-electron chi connectivity index (χ4n) is 3.79. The van der Waals surface area contributed by atoms with E-state index in [-0.39, 0.29) is 11.8 Å². The minimum absolute atomic E-state index is 0.0607. The third kappa shape index (κ3) is 4.24. The Hall–Kier alpha value is -2.55. The summed E-state index contributed by atoms with van der Waals surface area (Å²) in [6.45, 7) is 3.80. The Labute approximate surface area is 180 Å². The molecule has 1 aliphatic heterocycles. The average molecular weight is 430 g/mol. The van der Waals surface area contributed by atoms with E-state index in [1.165, 1.54) is 6.92 Å². The number of Topliss-reactive ketones (excluding diaryl/α,β-unsaturated/α-hetero) is 1. The molecule has 2 aromatic carbocycles. The standard InChI is InChI=1S/C22H21Cl2N3O2/c1-14-19(23)10-18(11-20(14)24)26-21(29)27-9-3-8-22(27,15(2)28)12-16-4-6-17(13-25)7-5-16/h4-7,10-11H,3,8-9,12H2,1-2H3,(H,26,29). The highest BCUT2D eigenvalue weighted by Gasteiger charge is 2.47. The molecular formula is C22H21Cl2N3O2. The summed E-state index contributed by atoms with van der Waals surface area (Å²) in [5.74, 6) is -0.0607. The highest BCUT2D eigenvalue weighted by molar-refractivity contribution is 6.36. The van der Waals surface area contributed by atoms with Gasteiger partial charge in [0.05, 0.1) is 11.6 Å². The minimum Gasteiger partial charge on any atom is -0.311 e. The van der Waals surface area contributed by atoms with E-state index in [1.807, 2.05) is 12.1 Å². The summed E-state index contributed by atoms with van der Waals surface area (Å²) in [4.78, 5) is 27.4. The molecular weight excluding hydrogens is 409 g/mol. The lowest BCUT2D eigenvalue weighted by Gasteiger charge is -2.36. The zero-order valence-corrected chi connectivity index (χ0v) is 17.8. The molecule has 150 valence electrons. The van der Waals surface area contributed by atoms with Gasteiger partial charge in [-0.25, -0.2) is 4.79 Å². The van der Waals surface area contributed by atoms with Crippen LogP contribution in [-0.2, 0) is 11.2 Å². The molecule has 29 heavy (non-hydrogen) atoms. The Bertz CT molecular complexity index is 975. The Morgan fingerprint density at radius 3 is 2.38 bits per heavy atom. The molecule has 1 N–H and O–H groups in total. The highest BCUT2D eigenvalue weighted by Crippen LogP contribution is 2.35. The van der Waals surface area contributed by atoms with Gasteiger partial charge in [0.2, 0.25) is 0 Å². The second kappa shape index (κ2) is 8.44. The number of hydrogen-bond acceptors (Lipinski definition) is 3. The number of carbonyl (C=O) groups is 2. The van der Waals surface area contributed by atoms with Gasteiger partial charge in [0.25, 0.3) is 0 Å². The van der Waals surface area contributed by atoms with E-state index in [4.69, 9.17) is 28.5 Å². The maximum atomic E-state index is 13.1. The number of benzene rings is 2. The van der Waals surface area contributed by atoms with Crippen LogP contribution >= 0.6 is 23.2 Å². The first-order valence-electron chi connectivity index (χ1n) is 9.31. The normalized spacial score (nSPS) is 18.4. The smallest absolute Gasteiger partial charge is 0.311 e. The molecule has 1 atom stereocenters. The number of amides is 2. The Morgan fingerprint density at radius 2 is 1.83 bits per heavy atom. The number of anilines is 1. The molecule has 0 spiro atoms. The van der Waals surface area contributed by atoms with Crippen LogP contribution in [0.4, 0.5) is 10.5 Å². The molecule has 0 aromatic heterocycles. The molecule has 2 aromatic rings. The second-order valence-corrected chi connectivity index (χ2v) is 8.14. The van der Waals surface area contributed by atoms with Gasteiger partial charge in [0, 0.05) is 28.7 Å². The van der Waals surface area contributed by atoms with E-state index in [0.29, 0.717) is 40.7 Å². The molecule has 3 rings (SSSR count). The van der Waals surface area contributed by atoms with Crippen molar-refractivity contribution in [3.8, 4) is 6.07 Å². The fourth-order valence-corrected chi connectivity index (χ4v) is 4.28. The summed E-state index contributed by atoms with van der Waals surface area (Å²) < 4.78 is 0. The van der Waals surface area contributed by atoms with Gasteiger partial charge >= 0.3 is 6.03 Å². The topological polar surface area (TPSA) is 73.2 Å². The molecule has 1 aliphatic rings. The van der Waals surface area contributed by atoms with Gasteiger partial charge in [-0.05, 0) is 62.1 Å². The first-order chi connectivity index (χ1) is 13.8. The van der Waals surface area contributed by atoms with E-state index in [1.54, 1.807) is 36.1 Å². The van der Waals surface area contributed by atoms with Gasteiger partial charge in [0.1, 0.15) is 5.54 Å². The number of urea groups is 1. The number of hydrogen-bond donors (Lipinski definition) is 1. The summed E-state index contributed by atoms with van der Waals surface area (Å²) in [7, 11) is 0. The van der Waals surface area contributed by atoms with Crippen molar-refractivity contribution in [2.75, 3.05) is 11.9 Å². The van der Waals surface area contributed by atoms with Crippen LogP contribution in [0.3, 0.4) is 0 Å². The van der Waals surface area contributed by atoms with Crippen molar-refractivity contribution < 1.29 is 9.59 Å². The maximum Gasteiger partial charge on any atom is 0.322 e. The van der Waals surface area contributed by atoms with Gasteiger partial charge in [0.15, 0.2) is 5.78 Å². The molecule has 7 heteroatoms. The first kappa shape index (κ1) is 21.2. The second-order valence-electron chi connectivity index (χ2n) is 7.32. The van der Waals surface area contributed by atoms with Crippen molar-refractivity contribution in [2.45, 2.75) is 38.6 Å². The van der Waals surface area contributed by atoms with Crippen molar-refractivity contribution >= 4 is 40.7 Å². The monoisotopic (exact) mass is 429 g/mol. The van der Waals surface area contributed by atoms with Crippen LogP contribution in [-0.4, -0.2) is 28.8 Å². The van der Waals surface area contributed by atoms with Crippen LogP contribution in [0.15, 0.2) is 36.4 Å². The number of likely N-dealkylation sites (tertiary alicyclic amines) is 1. The Balaban J connectivity index is 1.87. The summed E-state index contributed by atoms with van der Waals surface area (Å²) in [5, 5.41) is 12.7. The Morgan fingerprint density at radius 1 is 1.21 bits per heavy atom. The third-order valence-electron chi connectivity index (χ3n) is 5.50. The van der Waals surface area contributed by atoms with Crippen LogP contribution in [0, 0.1) is 18.3 Å². The number of carbonyl (C=O) groups excluding carboxylic acids is 2. The van der Waals surface area contributed by atoms with Crippen molar-refractivity contribution in [3.05, 3.63) is 63.1 Å². The molecule has 0 saturated carbocycles. The molecule has 0 radical (unpaired) electrons. The van der Waals surface area contributed by atoms with E-state index < -0.39 is 5.54 Å². The van der Waals surface area contributed by atoms with Gasteiger partial charge in [-0.3, -0.25) is 4.79 Å². The average Bonchev–Trinajstić information content (AvgIpc) is 3.11. The van der Waals surface area contributed by atoms with E-state index in [2.05, 4.69) is 11.4 Å². The molecule has 2 amide bonds. The maximum absolute atomic E-state index is 13.1. The molecule has 1 heterocycles. The van der Waals surface area contributed by atoms with Crippen molar-refractivity contribution in [1.29, 1.82) is 5.26 Å². The van der Waals surface area contributed by atoms with Gasteiger partial charge in [-0.15, -0.1) is 0 Å². The number of rotatable bonds is 4. The summed E-state index contributed by atoms with van der Waals surface area (Å²) in [6.07, 6.45) is 1.72. The van der Waals surface area contributed by atoms with Crippen LogP contribution in [0.1, 0.15) is 36.5 Å². The quantitative estimate of drug-likeness (QED) is 0.709. The summed E-state index contributed by atoms with van der Waals surface area (Å²) >= 11 is 12.3. The highest BCUT2D eigenvalue weighted by atomic mass is 35.5. The first-order valence-corrected chi connectivity index (χ1v) is 10.1. The van der Waals surface area contributed by atoms with Crippen molar-refractivity contribution in [1.82, 2.24) is 4.90 Å². The Kier molecular flexibility index (Phi) is 6.16. The van der Waals surface area contributed by atoms with Crippen LogP contribution in [0.2, 0.25) is 10.0 Å². The fraction of sp³-hybridized carbons (Fsp3) is 0.318. The van der Waals surface area contributed by atoms with E-state index >= 15 is 0 Å². The van der Waals surface area contributed by atoms with Crippen molar-refractivity contribution in [3.63, 3.8) is 0 Å². The number of halogens is 2. The number of nitriles is 1. The molecule has 0 bridgehead atoms. The van der Waals surface area contributed by atoms with Crippen LogP contribution in [0.5, 0.6) is 0 Å². The molecule has 5 nitrogen and oxygen atoms in total.